The first kappa shape index (κ1) is 15.2. The third kappa shape index (κ3) is 3.37. The second-order valence-corrected chi connectivity index (χ2v) is 7.06. The highest BCUT2D eigenvalue weighted by molar-refractivity contribution is 7.87. The molecule has 1 aliphatic heterocycles. The van der Waals surface area contributed by atoms with Crippen molar-refractivity contribution in [2.75, 3.05) is 24.5 Å². The summed E-state index contributed by atoms with van der Waals surface area (Å²) in [4.78, 5) is 14.3. The van der Waals surface area contributed by atoms with E-state index >= 15 is 0 Å². The van der Waals surface area contributed by atoms with Gasteiger partial charge >= 0.3 is 0 Å². The van der Waals surface area contributed by atoms with E-state index in [1.165, 1.54) is 0 Å². The van der Waals surface area contributed by atoms with Crippen LogP contribution in [0.2, 0.25) is 0 Å². The van der Waals surface area contributed by atoms with Gasteiger partial charge in [0.25, 0.3) is 10.2 Å². The summed E-state index contributed by atoms with van der Waals surface area (Å²) >= 11 is 0. The Balaban J connectivity index is 1.80. The van der Waals surface area contributed by atoms with Gasteiger partial charge < -0.3 is 9.88 Å². The van der Waals surface area contributed by atoms with Crippen LogP contribution < -0.4 is 14.8 Å². The van der Waals surface area contributed by atoms with Gasteiger partial charge in [-0.2, -0.15) is 8.42 Å². The lowest BCUT2D eigenvalue weighted by Crippen LogP contribution is -2.42. The zero-order valence-electron chi connectivity index (χ0n) is 12.4. The number of fused-ring (bicyclic) bond motifs is 1. The highest BCUT2D eigenvalue weighted by Gasteiger charge is 2.23. The summed E-state index contributed by atoms with van der Waals surface area (Å²) in [6.07, 6.45) is 3.82. The zero-order chi connectivity index (χ0) is 15.7. The maximum Gasteiger partial charge on any atom is 0.274 e. The number of nitrogens with one attached hydrogen (secondary N) is 2. The van der Waals surface area contributed by atoms with E-state index < -0.39 is 10.2 Å². The molecule has 0 spiro atoms. The molecular weight excluding hydrogens is 304 g/mol. The van der Waals surface area contributed by atoms with E-state index in [4.69, 9.17) is 5.14 Å². The first-order chi connectivity index (χ1) is 10.4. The van der Waals surface area contributed by atoms with E-state index in [-0.39, 0.29) is 5.92 Å². The molecule has 0 bridgehead atoms. The molecule has 1 unspecified atom stereocenters. The predicted octanol–water partition coefficient (Wildman–Crippen LogP) is 0.276. The molecular formula is C13H20N6O2S. The molecule has 0 saturated carbocycles. The van der Waals surface area contributed by atoms with Gasteiger partial charge in [0.05, 0.1) is 5.39 Å². The molecule has 0 aromatic carbocycles. The Morgan fingerprint density at radius 2 is 2.32 bits per heavy atom. The standard InChI is InChI=1S/C13H20N6O2S/c1-9-17-12-11(4-5-15-12)13(18-9)19-6-2-3-10(8-19)7-16-22(14,20)21/h4-5,10,16H,2-3,6-8H2,1H3,(H2,14,20,21)(H,15,17,18). The van der Waals surface area contributed by atoms with Gasteiger partial charge in [0, 0.05) is 25.8 Å². The van der Waals surface area contributed by atoms with Crippen LogP contribution in [0, 0.1) is 12.8 Å². The van der Waals surface area contributed by atoms with Crippen LogP contribution in [-0.4, -0.2) is 43.0 Å². The van der Waals surface area contributed by atoms with Gasteiger partial charge in [-0.05, 0) is 31.7 Å². The number of piperidine rings is 1. The number of aromatic nitrogens is 3. The van der Waals surface area contributed by atoms with E-state index in [1.807, 2.05) is 19.2 Å². The lowest BCUT2D eigenvalue weighted by molar-refractivity contribution is 0.409. The molecule has 1 atom stereocenters. The number of nitrogens with zero attached hydrogens (tertiary/aromatic N) is 3. The Bertz CT molecular complexity index is 772. The Hall–Kier alpha value is -1.71. The first-order valence-corrected chi connectivity index (χ1v) is 8.81. The van der Waals surface area contributed by atoms with Crippen molar-refractivity contribution in [2.45, 2.75) is 19.8 Å². The van der Waals surface area contributed by atoms with Gasteiger partial charge in [-0.25, -0.2) is 19.8 Å². The van der Waals surface area contributed by atoms with E-state index in [1.54, 1.807) is 0 Å². The molecule has 1 saturated heterocycles. The lowest BCUT2D eigenvalue weighted by atomic mass is 9.98. The molecule has 9 heteroatoms. The van der Waals surface area contributed by atoms with E-state index in [2.05, 4.69) is 24.6 Å². The smallest absolute Gasteiger partial charge is 0.274 e. The molecule has 3 heterocycles. The number of nitrogens with two attached hydrogens (primary N) is 1. The van der Waals surface area contributed by atoms with Crippen molar-refractivity contribution in [3.05, 3.63) is 18.1 Å². The summed E-state index contributed by atoms with van der Waals surface area (Å²) in [7, 11) is -3.64. The van der Waals surface area contributed by atoms with Crippen molar-refractivity contribution in [1.82, 2.24) is 19.7 Å². The van der Waals surface area contributed by atoms with Crippen LogP contribution in [-0.2, 0) is 10.2 Å². The average molecular weight is 324 g/mol. The van der Waals surface area contributed by atoms with Crippen LogP contribution in [0.1, 0.15) is 18.7 Å². The van der Waals surface area contributed by atoms with Gasteiger partial charge in [0.15, 0.2) is 0 Å². The average Bonchev–Trinajstić information content (AvgIpc) is 2.92. The summed E-state index contributed by atoms with van der Waals surface area (Å²) < 4.78 is 24.5. The van der Waals surface area contributed by atoms with Crippen LogP contribution in [0.3, 0.4) is 0 Å². The summed E-state index contributed by atoms with van der Waals surface area (Å²) in [5, 5.41) is 5.99. The fourth-order valence-electron chi connectivity index (χ4n) is 2.93. The van der Waals surface area contributed by atoms with Crippen molar-refractivity contribution in [3.63, 3.8) is 0 Å². The Morgan fingerprint density at radius 3 is 3.09 bits per heavy atom. The third-order valence-electron chi connectivity index (χ3n) is 3.90. The van der Waals surface area contributed by atoms with Gasteiger partial charge in [-0.15, -0.1) is 0 Å². The summed E-state index contributed by atoms with van der Waals surface area (Å²) in [5.41, 5.74) is 0.826. The topological polar surface area (TPSA) is 117 Å². The van der Waals surface area contributed by atoms with Crippen molar-refractivity contribution < 1.29 is 8.42 Å². The second kappa shape index (κ2) is 5.82. The van der Waals surface area contributed by atoms with Gasteiger partial charge in [0.2, 0.25) is 0 Å². The quantitative estimate of drug-likeness (QED) is 0.746. The third-order valence-corrected chi connectivity index (χ3v) is 4.47. The second-order valence-electron chi connectivity index (χ2n) is 5.68. The van der Waals surface area contributed by atoms with Crippen molar-refractivity contribution in [3.8, 4) is 0 Å². The highest BCUT2D eigenvalue weighted by atomic mass is 32.2. The highest BCUT2D eigenvalue weighted by Crippen LogP contribution is 2.27. The minimum atomic E-state index is -3.64. The van der Waals surface area contributed by atoms with E-state index in [9.17, 15) is 8.42 Å². The van der Waals surface area contributed by atoms with Crippen LogP contribution in [0.5, 0.6) is 0 Å². The molecule has 2 aromatic rings. The van der Waals surface area contributed by atoms with E-state index in [0.717, 1.165) is 48.6 Å². The molecule has 22 heavy (non-hydrogen) atoms. The van der Waals surface area contributed by atoms with E-state index in [0.29, 0.717) is 6.54 Å². The number of hydrogen-bond donors (Lipinski definition) is 3. The van der Waals surface area contributed by atoms with Gasteiger partial charge in [-0.1, -0.05) is 0 Å². The molecule has 120 valence electrons. The SMILES string of the molecule is Cc1nc(N2CCCC(CNS(N)(=O)=O)C2)c2cc[nH]c2n1. The predicted molar refractivity (Wildman–Crippen MR) is 84.7 cm³/mol. The van der Waals surface area contributed by atoms with Crippen molar-refractivity contribution in [2.24, 2.45) is 11.1 Å². The molecule has 0 radical (unpaired) electrons. The first-order valence-electron chi connectivity index (χ1n) is 7.26. The van der Waals surface area contributed by atoms with Crippen LogP contribution in [0.15, 0.2) is 12.3 Å². The molecule has 3 rings (SSSR count). The molecule has 1 fully saturated rings. The monoisotopic (exact) mass is 324 g/mol. The maximum atomic E-state index is 11.0. The van der Waals surface area contributed by atoms with Gasteiger partial charge in [-0.3, -0.25) is 0 Å². The number of aryl methyl sites for hydroxylation is 1. The van der Waals surface area contributed by atoms with Crippen molar-refractivity contribution >= 4 is 27.1 Å². The summed E-state index contributed by atoms with van der Waals surface area (Å²) in [6, 6.07) is 1.97. The lowest BCUT2D eigenvalue weighted by Gasteiger charge is -2.34. The zero-order valence-corrected chi connectivity index (χ0v) is 13.2. The molecule has 0 amide bonds. The largest absolute Gasteiger partial charge is 0.356 e. The molecule has 2 aromatic heterocycles. The number of H-pyrrole nitrogens is 1. The number of aromatic amines is 1. The van der Waals surface area contributed by atoms with Crippen molar-refractivity contribution in [1.29, 1.82) is 0 Å². The number of hydrogen-bond acceptors (Lipinski definition) is 5. The number of anilines is 1. The molecule has 8 nitrogen and oxygen atoms in total. The Kier molecular flexibility index (Phi) is 4.02. The fourth-order valence-corrected chi connectivity index (χ4v) is 3.40. The Morgan fingerprint density at radius 1 is 1.50 bits per heavy atom. The number of rotatable bonds is 4. The van der Waals surface area contributed by atoms with Crippen LogP contribution in [0.25, 0.3) is 11.0 Å². The fraction of sp³-hybridized carbons (Fsp3) is 0.538. The molecule has 1 aliphatic rings. The van der Waals surface area contributed by atoms with Gasteiger partial charge in [0.1, 0.15) is 17.3 Å². The molecule has 4 N–H and O–H groups in total. The molecule has 0 aliphatic carbocycles. The normalized spacial score (nSPS) is 19.7. The Labute approximate surface area is 129 Å². The van der Waals surface area contributed by atoms with Crippen LogP contribution in [0.4, 0.5) is 5.82 Å². The maximum absolute atomic E-state index is 11.0. The summed E-state index contributed by atoms with van der Waals surface area (Å²) in [6.45, 7) is 3.88. The summed E-state index contributed by atoms with van der Waals surface area (Å²) in [5.74, 6) is 1.84. The minimum Gasteiger partial charge on any atom is -0.356 e. The minimum absolute atomic E-state index is 0.219. The van der Waals surface area contributed by atoms with Crippen LogP contribution >= 0.6 is 0 Å².